The molecule has 0 bridgehead atoms. The third kappa shape index (κ3) is 3.52. The predicted molar refractivity (Wildman–Crippen MR) is 90.8 cm³/mol. The number of hydrogen-bond donors (Lipinski definition) is 1. The van der Waals surface area contributed by atoms with Crippen molar-refractivity contribution in [3.8, 4) is 0 Å². The Hall–Kier alpha value is -2.12. The molecule has 1 saturated heterocycles. The molecular formula is C17H19NO5S. The average Bonchev–Trinajstić information content (AvgIpc) is 3.09. The normalized spacial score (nSPS) is 19.8. The summed E-state index contributed by atoms with van der Waals surface area (Å²) in [5.41, 5.74) is 1.50. The number of sulfone groups is 1. The number of fused-ring (bicyclic) bond motifs is 1. The summed E-state index contributed by atoms with van der Waals surface area (Å²) in [7, 11) is -2.95. The molecule has 1 aromatic carbocycles. The third-order valence-corrected chi connectivity index (χ3v) is 6.02. The van der Waals surface area contributed by atoms with Crippen LogP contribution in [-0.4, -0.2) is 48.5 Å². The largest absolute Gasteiger partial charge is 0.475 e. The molecule has 0 aliphatic carbocycles. The highest BCUT2D eigenvalue weighted by atomic mass is 32.2. The molecular weight excluding hydrogens is 330 g/mol. The zero-order valence-electron chi connectivity index (χ0n) is 13.1. The summed E-state index contributed by atoms with van der Waals surface area (Å²) in [5, 5.41) is 9.72. The third-order valence-electron chi connectivity index (χ3n) is 4.27. The van der Waals surface area contributed by atoms with Gasteiger partial charge in [-0.25, -0.2) is 13.2 Å². The van der Waals surface area contributed by atoms with Gasteiger partial charge in [-0.05, 0) is 30.2 Å². The van der Waals surface area contributed by atoms with E-state index in [0.717, 1.165) is 10.9 Å². The summed E-state index contributed by atoms with van der Waals surface area (Å²) in [4.78, 5) is 13.1. The van der Waals surface area contributed by atoms with Crippen molar-refractivity contribution in [3.63, 3.8) is 0 Å². The SMILES string of the molecule is C=CCN(Cc1ccc2oc(C(=O)O)cc2c1)C1CCS(=O)(=O)C1. The van der Waals surface area contributed by atoms with Crippen LogP contribution in [-0.2, 0) is 16.4 Å². The molecule has 7 heteroatoms. The van der Waals surface area contributed by atoms with Crippen LogP contribution in [0.25, 0.3) is 11.0 Å². The molecule has 24 heavy (non-hydrogen) atoms. The number of carbonyl (C=O) groups is 1. The number of hydrogen-bond acceptors (Lipinski definition) is 5. The Bertz CT molecular complexity index is 884. The van der Waals surface area contributed by atoms with E-state index in [0.29, 0.717) is 25.1 Å². The molecule has 0 amide bonds. The zero-order chi connectivity index (χ0) is 17.3. The Morgan fingerprint density at radius 3 is 2.83 bits per heavy atom. The molecule has 128 valence electrons. The van der Waals surface area contributed by atoms with Crippen molar-refractivity contribution < 1.29 is 22.7 Å². The van der Waals surface area contributed by atoms with Crippen LogP contribution in [0.3, 0.4) is 0 Å². The van der Waals surface area contributed by atoms with Gasteiger partial charge in [0, 0.05) is 24.5 Å². The van der Waals surface area contributed by atoms with Gasteiger partial charge in [0.05, 0.1) is 11.5 Å². The van der Waals surface area contributed by atoms with E-state index < -0.39 is 15.8 Å². The van der Waals surface area contributed by atoms with Gasteiger partial charge in [0.1, 0.15) is 5.58 Å². The Kier molecular flexibility index (Phi) is 4.47. The Morgan fingerprint density at radius 2 is 2.21 bits per heavy atom. The minimum absolute atomic E-state index is 0.0115. The van der Waals surface area contributed by atoms with Crippen LogP contribution in [0.5, 0.6) is 0 Å². The Balaban J connectivity index is 1.83. The van der Waals surface area contributed by atoms with Crippen LogP contribution in [0.2, 0.25) is 0 Å². The van der Waals surface area contributed by atoms with Gasteiger partial charge in [-0.1, -0.05) is 12.1 Å². The first-order chi connectivity index (χ1) is 11.4. The summed E-state index contributed by atoms with van der Waals surface area (Å²) >= 11 is 0. The molecule has 1 unspecified atom stereocenters. The monoisotopic (exact) mass is 349 g/mol. The lowest BCUT2D eigenvalue weighted by molar-refractivity contribution is 0.0665. The van der Waals surface area contributed by atoms with Crippen molar-refractivity contribution in [2.75, 3.05) is 18.1 Å². The van der Waals surface area contributed by atoms with Crippen LogP contribution < -0.4 is 0 Å². The summed E-state index contributed by atoms with van der Waals surface area (Å²) in [6.45, 7) is 4.93. The van der Waals surface area contributed by atoms with Crippen LogP contribution in [0.1, 0.15) is 22.5 Å². The molecule has 0 spiro atoms. The van der Waals surface area contributed by atoms with Gasteiger partial charge in [-0.15, -0.1) is 6.58 Å². The minimum atomic E-state index is -2.95. The molecule has 1 atom stereocenters. The van der Waals surface area contributed by atoms with Crippen LogP contribution >= 0.6 is 0 Å². The molecule has 2 aromatic rings. The minimum Gasteiger partial charge on any atom is -0.475 e. The molecule has 3 rings (SSSR count). The second-order valence-corrected chi connectivity index (χ2v) is 8.29. The molecule has 1 aromatic heterocycles. The lowest BCUT2D eigenvalue weighted by Crippen LogP contribution is -2.35. The van der Waals surface area contributed by atoms with Crippen LogP contribution in [0, 0.1) is 0 Å². The number of aromatic carboxylic acids is 1. The van der Waals surface area contributed by atoms with Crippen molar-refractivity contribution in [3.05, 3.63) is 48.2 Å². The molecule has 1 aliphatic rings. The maximum atomic E-state index is 11.7. The van der Waals surface area contributed by atoms with Crippen molar-refractivity contribution in [1.82, 2.24) is 4.90 Å². The van der Waals surface area contributed by atoms with E-state index in [-0.39, 0.29) is 23.3 Å². The van der Waals surface area contributed by atoms with Crippen molar-refractivity contribution in [2.45, 2.75) is 19.0 Å². The highest BCUT2D eigenvalue weighted by Gasteiger charge is 2.31. The molecule has 6 nitrogen and oxygen atoms in total. The first-order valence-electron chi connectivity index (χ1n) is 7.69. The number of rotatable bonds is 6. The Labute approximate surface area is 140 Å². The van der Waals surface area contributed by atoms with Crippen molar-refractivity contribution in [2.24, 2.45) is 0 Å². The first kappa shape index (κ1) is 16.7. The molecule has 1 N–H and O–H groups in total. The van der Waals surface area contributed by atoms with E-state index in [1.807, 2.05) is 12.1 Å². The number of benzene rings is 1. The van der Waals surface area contributed by atoms with Gasteiger partial charge in [-0.3, -0.25) is 4.90 Å². The summed E-state index contributed by atoms with van der Waals surface area (Å²) in [5.74, 6) is -0.782. The second-order valence-electron chi connectivity index (χ2n) is 6.06. The standard InChI is InChI=1S/C17H19NO5S/c1-2-6-18(14-5-7-24(21,22)11-14)10-12-3-4-15-13(8-12)9-16(23-15)17(19)20/h2-4,8-9,14H,1,5-7,10-11H2,(H,19,20). The van der Waals surface area contributed by atoms with Crippen molar-refractivity contribution in [1.29, 1.82) is 0 Å². The number of nitrogens with zero attached hydrogens (tertiary/aromatic N) is 1. The van der Waals surface area contributed by atoms with Gasteiger partial charge in [-0.2, -0.15) is 0 Å². The molecule has 1 fully saturated rings. The molecule has 2 heterocycles. The van der Waals surface area contributed by atoms with Gasteiger partial charge in [0.2, 0.25) is 5.76 Å². The first-order valence-corrected chi connectivity index (χ1v) is 9.51. The van der Waals surface area contributed by atoms with E-state index in [2.05, 4.69) is 11.5 Å². The average molecular weight is 349 g/mol. The highest BCUT2D eigenvalue weighted by molar-refractivity contribution is 7.91. The van der Waals surface area contributed by atoms with Gasteiger partial charge in [0.15, 0.2) is 9.84 Å². The smallest absolute Gasteiger partial charge is 0.371 e. The molecule has 0 radical (unpaired) electrons. The Morgan fingerprint density at radius 1 is 1.42 bits per heavy atom. The second kappa shape index (κ2) is 6.41. The lowest BCUT2D eigenvalue weighted by Gasteiger charge is -2.26. The number of carboxylic acids is 1. The summed E-state index contributed by atoms with van der Waals surface area (Å²) in [6, 6.07) is 6.98. The van der Waals surface area contributed by atoms with Gasteiger partial charge in [0.25, 0.3) is 0 Å². The topological polar surface area (TPSA) is 87.8 Å². The quantitative estimate of drug-likeness (QED) is 0.805. The van der Waals surface area contributed by atoms with E-state index in [4.69, 9.17) is 9.52 Å². The van der Waals surface area contributed by atoms with Crippen LogP contribution in [0.4, 0.5) is 0 Å². The van der Waals surface area contributed by atoms with Crippen molar-refractivity contribution >= 4 is 26.8 Å². The number of carboxylic acid groups (broad SMARTS) is 1. The van der Waals surface area contributed by atoms with Crippen LogP contribution in [0.15, 0.2) is 41.3 Å². The molecule has 0 saturated carbocycles. The fraction of sp³-hybridized carbons (Fsp3) is 0.353. The van der Waals surface area contributed by atoms with Gasteiger partial charge < -0.3 is 9.52 Å². The lowest BCUT2D eigenvalue weighted by atomic mass is 10.1. The maximum absolute atomic E-state index is 11.7. The summed E-state index contributed by atoms with van der Waals surface area (Å²) in [6.07, 6.45) is 2.40. The fourth-order valence-corrected chi connectivity index (χ4v) is 4.86. The van der Waals surface area contributed by atoms with Gasteiger partial charge >= 0.3 is 5.97 Å². The highest BCUT2D eigenvalue weighted by Crippen LogP contribution is 2.24. The maximum Gasteiger partial charge on any atom is 0.371 e. The number of furan rings is 1. The zero-order valence-corrected chi connectivity index (χ0v) is 14.0. The predicted octanol–water partition coefficient (Wildman–Crippen LogP) is 2.31. The van der Waals surface area contributed by atoms with E-state index in [1.165, 1.54) is 6.07 Å². The van der Waals surface area contributed by atoms with E-state index >= 15 is 0 Å². The molecule has 1 aliphatic heterocycles. The fourth-order valence-electron chi connectivity index (χ4n) is 3.10. The van der Waals surface area contributed by atoms with E-state index in [1.54, 1.807) is 12.1 Å². The van der Waals surface area contributed by atoms with E-state index in [9.17, 15) is 13.2 Å². The summed E-state index contributed by atoms with van der Waals surface area (Å²) < 4.78 is 28.7.